The van der Waals surface area contributed by atoms with Gasteiger partial charge in [-0.05, 0) is 28.8 Å². The quantitative estimate of drug-likeness (QED) is 0.575. The van der Waals surface area contributed by atoms with Gasteiger partial charge in [0.1, 0.15) is 5.82 Å². The second kappa shape index (κ2) is 6.31. The van der Waals surface area contributed by atoms with Gasteiger partial charge in [0.15, 0.2) is 0 Å². The van der Waals surface area contributed by atoms with E-state index in [1.807, 2.05) is 0 Å². The molecular weight excluding hydrogens is 298 g/mol. The molecule has 1 saturated heterocycles. The highest BCUT2D eigenvalue weighted by atomic mass is 79.9. The molecule has 2 rings (SSSR count). The average molecular weight is 316 g/mol. The van der Waals surface area contributed by atoms with Crippen LogP contribution < -0.4 is 16.2 Å². The molecule has 0 aliphatic carbocycles. The maximum Gasteiger partial charge on any atom is 0.239 e. The molecule has 6 nitrogen and oxygen atoms in total. The standard InChI is InChI=1S/C11H18BrN5O/c12-9-6-14-11(16-13)15-10(9)17-5-3-1-2-4-8(17)7-18/h6,8,18H,1-5,7,13H2,(H,14,15,16). The molecule has 1 aromatic heterocycles. The van der Waals surface area contributed by atoms with Crippen LogP contribution in [0.4, 0.5) is 11.8 Å². The summed E-state index contributed by atoms with van der Waals surface area (Å²) in [7, 11) is 0. The first kappa shape index (κ1) is 13.5. The maximum atomic E-state index is 9.52. The highest BCUT2D eigenvalue weighted by Gasteiger charge is 2.23. The summed E-state index contributed by atoms with van der Waals surface area (Å²) in [5, 5.41) is 9.52. The normalized spacial score (nSPS) is 20.6. The lowest BCUT2D eigenvalue weighted by atomic mass is 10.1. The second-order valence-corrected chi connectivity index (χ2v) is 5.24. The van der Waals surface area contributed by atoms with Crippen molar-refractivity contribution in [3.63, 3.8) is 0 Å². The lowest BCUT2D eigenvalue weighted by Crippen LogP contribution is -2.38. The minimum Gasteiger partial charge on any atom is -0.394 e. The molecule has 1 aliphatic heterocycles. The zero-order chi connectivity index (χ0) is 13.0. The second-order valence-electron chi connectivity index (χ2n) is 4.39. The van der Waals surface area contributed by atoms with E-state index in [1.54, 1.807) is 6.20 Å². The van der Waals surface area contributed by atoms with E-state index < -0.39 is 0 Å². The van der Waals surface area contributed by atoms with Crippen LogP contribution in [0.25, 0.3) is 0 Å². The Morgan fingerprint density at radius 1 is 1.50 bits per heavy atom. The summed E-state index contributed by atoms with van der Waals surface area (Å²) < 4.78 is 0.821. The number of nitrogens with one attached hydrogen (secondary N) is 1. The lowest BCUT2D eigenvalue weighted by molar-refractivity contribution is 0.254. The number of aromatic nitrogens is 2. The van der Waals surface area contributed by atoms with Crippen LogP contribution in [-0.4, -0.2) is 34.3 Å². The third-order valence-corrected chi connectivity index (χ3v) is 3.77. The van der Waals surface area contributed by atoms with E-state index >= 15 is 0 Å². The van der Waals surface area contributed by atoms with Gasteiger partial charge in [0, 0.05) is 12.7 Å². The number of hydrogen-bond donors (Lipinski definition) is 3. The van der Waals surface area contributed by atoms with Gasteiger partial charge in [-0.15, -0.1) is 0 Å². The Kier molecular flexibility index (Phi) is 4.73. The molecule has 0 spiro atoms. The monoisotopic (exact) mass is 315 g/mol. The summed E-state index contributed by atoms with van der Waals surface area (Å²) in [5.74, 6) is 6.51. The average Bonchev–Trinajstić information content (AvgIpc) is 2.64. The Labute approximate surface area is 115 Å². The van der Waals surface area contributed by atoms with Gasteiger partial charge in [-0.1, -0.05) is 12.8 Å². The van der Waals surface area contributed by atoms with Crippen molar-refractivity contribution in [2.45, 2.75) is 31.7 Å². The van der Waals surface area contributed by atoms with Gasteiger partial charge in [-0.25, -0.2) is 10.8 Å². The molecular formula is C11H18BrN5O. The van der Waals surface area contributed by atoms with Crippen molar-refractivity contribution in [3.8, 4) is 0 Å². The zero-order valence-electron chi connectivity index (χ0n) is 10.1. The SMILES string of the molecule is NNc1ncc(Br)c(N2CCCCCC2CO)n1. The largest absolute Gasteiger partial charge is 0.394 e. The first-order valence-electron chi connectivity index (χ1n) is 6.13. The summed E-state index contributed by atoms with van der Waals surface area (Å²) in [6.45, 7) is 1.03. The van der Waals surface area contributed by atoms with Crippen molar-refractivity contribution < 1.29 is 5.11 Å². The number of nitrogen functional groups attached to an aromatic ring is 1. The van der Waals surface area contributed by atoms with Crippen molar-refractivity contribution in [3.05, 3.63) is 10.7 Å². The van der Waals surface area contributed by atoms with Crippen LogP contribution in [0.3, 0.4) is 0 Å². The smallest absolute Gasteiger partial charge is 0.239 e. The fraction of sp³-hybridized carbons (Fsp3) is 0.636. The molecule has 1 unspecified atom stereocenters. The fourth-order valence-electron chi connectivity index (χ4n) is 2.28. The fourth-order valence-corrected chi connectivity index (χ4v) is 2.69. The first-order valence-corrected chi connectivity index (χ1v) is 6.92. The summed E-state index contributed by atoms with van der Waals surface area (Å²) in [6, 6.07) is 0.115. The van der Waals surface area contributed by atoms with E-state index in [2.05, 4.69) is 36.2 Å². The van der Waals surface area contributed by atoms with Crippen LogP contribution in [0.15, 0.2) is 10.7 Å². The molecule has 4 N–H and O–H groups in total. The molecule has 100 valence electrons. The summed E-state index contributed by atoms with van der Waals surface area (Å²) >= 11 is 3.46. The molecule has 18 heavy (non-hydrogen) atoms. The molecule has 1 aliphatic rings. The molecule has 0 bridgehead atoms. The number of hydrogen-bond acceptors (Lipinski definition) is 6. The number of aliphatic hydroxyl groups is 1. The van der Waals surface area contributed by atoms with E-state index in [9.17, 15) is 5.11 Å². The molecule has 0 saturated carbocycles. The number of nitrogens with zero attached hydrogens (tertiary/aromatic N) is 3. The molecule has 1 fully saturated rings. The number of halogens is 1. The molecule has 0 amide bonds. The third-order valence-electron chi connectivity index (χ3n) is 3.21. The van der Waals surface area contributed by atoms with Gasteiger partial charge in [0.25, 0.3) is 0 Å². The maximum absolute atomic E-state index is 9.52. The van der Waals surface area contributed by atoms with E-state index in [4.69, 9.17) is 5.84 Å². The van der Waals surface area contributed by atoms with Crippen molar-refractivity contribution in [2.75, 3.05) is 23.5 Å². The minimum atomic E-state index is 0.115. The Morgan fingerprint density at radius 2 is 2.33 bits per heavy atom. The molecule has 1 atom stereocenters. The van der Waals surface area contributed by atoms with E-state index in [-0.39, 0.29) is 12.6 Å². The van der Waals surface area contributed by atoms with Crippen molar-refractivity contribution in [1.82, 2.24) is 9.97 Å². The number of aliphatic hydroxyl groups excluding tert-OH is 1. The number of rotatable bonds is 3. The van der Waals surface area contributed by atoms with Gasteiger partial charge >= 0.3 is 0 Å². The number of hydrazine groups is 1. The van der Waals surface area contributed by atoms with E-state index in [0.717, 1.165) is 36.1 Å². The van der Waals surface area contributed by atoms with E-state index in [0.29, 0.717) is 5.95 Å². The van der Waals surface area contributed by atoms with Gasteiger partial charge in [-0.2, -0.15) is 4.98 Å². The van der Waals surface area contributed by atoms with Gasteiger partial charge in [0.05, 0.1) is 17.1 Å². The highest BCUT2D eigenvalue weighted by molar-refractivity contribution is 9.10. The predicted molar refractivity (Wildman–Crippen MR) is 74.2 cm³/mol. The van der Waals surface area contributed by atoms with Gasteiger partial charge < -0.3 is 10.0 Å². The van der Waals surface area contributed by atoms with Crippen molar-refractivity contribution >= 4 is 27.7 Å². The van der Waals surface area contributed by atoms with Crippen LogP contribution in [-0.2, 0) is 0 Å². The van der Waals surface area contributed by atoms with E-state index in [1.165, 1.54) is 6.42 Å². The first-order chi connectivity index (χ1) is 8.76. The zero-order valence-corrected chi connectivity index (χ0v) is 11.7. The van der Waals surface area contributed by atoms with Gasteiger partial charge in [0.2, 0.25) is 5.95 Å². The number of nitrogens with two attached hydrogens (primary N) is 1. The van der Waals surface area contributed by atoms with Crippen LogP contribution >= 0.6 is 15.9 Å². The Morgan fingerprint density at radius 3 is 3.06 bits per heavy atom. The lowest BCUT2D eigenvalue weighted by Gasteiger charge is -2.30. The molecule has 0 radical (unpaired) electrons. The minimum absolute atomic E-state index is 0.115. The van der Waals surface area contributed by atoms with Crippen molar-refractivity contribution in [2.24, 2.45) is 5.84 Å². The van der Waals surface area contributed by atoms with Crippen molar-refractivity contribution in [1.29, 1.82) is 0 Å². The Balaban J connectivity index is 2.31. The summed E-state index contributed by atoms with van der Waals surface area (Å²) in [4.78, 5) is 10.6. The Hall–Kier alpha value is -0.920. The van der Waals surface area contributed by atoms with Crippen LogP contribution in [0, 0.1) is 0 Å². The molecule has 7 heteroatoms. The highest BCUT2D eigenvalue weighted by Crippen LogP contribution is 2.29. The van der Waals surface area contributed by atoms with Gasteiger partial charge in [-0.3, -0.25) is 5.43 Å². The summed E-state index contributed by atoms with van der Waals surface area (Å²) in [6.07, 6.45) is 6.11. The van der Waals surface area contributed by atoms with Crippen LogP contribution in [0.5, 0.6) is 0 Å². The topological polar surface area (TPSA) is 87.3 Å². The predicted octanol–water partition coefficient (Wildman–Crippen LogP) is 1.27. The molecule has 1 aromatic rings. The third kappa shape index (κ3) is 2.90. The molecule has 0 aromatic carbocycles. The number of anilines is 2. The van der Waals surface area contributed by atoms with Crippen LogP contribution in [0.2, 0.25) is 0 Å². The summed E-state index contributed by atoms with van der Waals surface area (Å²) in [5.41, 5.74) is 2.45. The van der Waals surface area contributed by atoms with Crippen LogP contribution in [0.1, 0.15) is 25.7 Å². The molecule has 2 heterocycles. The Bertz CT molecular complexity index is 403.